The summed E-state index contributed by atoms with van der Waals surface area (Å²) in [6.07, 6.45) is 8.16. The Kier molecular flexibility index (Phi) is 2.55. The first-order valence-electron chi connectivity index (χ1n) is 5.15. The Labute approximate surface area is 90.1 Å². The Hall–Kier alpha value is -1.63. The van der Waals surface area contributed by atoms with Crippen LogP contribution in [0.3, 0.4) is 0 Å². The Balaban J connectivity index is 2.22. The Morgan fingerprint density at radius 1 is 1.13 bits per heavy atom. The molecule has 1 aromatic rings. The van der Waals surface area contributed by atoms with Crippen LogP contribution in [0.4, 0.5) is 0 Å². The first-order chi connectivity index (χ1) is 7.21. The number of carbonyl (C=O) groups is 1. The van der Waals surface area contributed by atoms with Crippen LogP contribution in [0.15, 0.2) is 54.6 Å². The molecule has 0 amide bonds. The van der Waals surface area contributed by atoms with Crippen LogP contribution in [0.2, 0.25) is 0 Å². The van der Waals surface area contributed by atoms with Gasteiger partial charge < -0.3 is 0 Å². The fourth-order valence-corrected chi connectivity index (χ4v) is 1.85. The van der Waals surface area contributed by atoms with Crippen LogP contribution in [0.1, 0.15) is 12.5 Å². The summed E-state index contributed by atoms with van der Waals surface area (Å²) in [5.74, 6) is 0.189. The lowest BCUT2D eigenvalue weighted by Gasteiger charge is -2.24. The van der Waals surface area contributed by atoms with E-state index < -0.39 is 0 Å². The maximum atomic E-state index is 11.8. The third-order valence-electron chi connectivity index (χ3n) is 2.80. The van der Waals surface area contributed by atoms with E-state index in [1.165, 1.54) is 5.56 Å². The second-order valence-corrected chi connectivity index (χ2v) is 4.16. The molecule has 0 fully saturated rings. The fourth-order valence-electron chi connectivity index (χ4n) is 1.85. The van der Waals surface area contributed by atoms with Crippen LogP contribution in [0.5, 0.6) is 0 Å². The van der Waals surface area contributed by atoms with E-state index in [-0.39, 0.29) is 11.2 Å². The maximum absolute atomic E-state index is 11.8. The molecule has 0 saturated carbocycles. The predicted octanol–water partition coefficient (Wildman–Crippen LogP) is 2.93. The molecule has 1 aliphatic carbocycles. The molecule has 1 atom stereocenters. The minimum Gasteiger partial charge on any atom is -0.294 e. The van der Waals surface area contributed by atoms with Crippen LogP contribution < -0.4 is 0 Å². The topological polar surface area (TPSA) is 17.1 Å². The van der Waals surface area contributed by atoms with Crippen LogP contribution in [0, 0.1) is 5.41 Å². The third-order valence-corrected chi connectivity index (χ3v) is 2.80. The van der Waals surface area contributed by atoms with Crippen molar-refractivity contribution in [2.75, 3.05) is 0 Å². The minimum absolute atomic E-state index is 0.189. The maximum Gasteiger partial charge on any atom is 0.165 e. The van der Waals surface area contributed by atoms with Gasteiger partial charge >= 0.3 is 0 Å². The molecule has 1 unspecified atom stereocenters. The highest BCUT2D eigenvalue weighted by molar-refractivity contribution is 5.97. The van der Waals surface area contributed by atoms with E-state index in [2.05, 4.69) is 12.1 Å². The molecule has 0 aliphatic heterocycles. The molecule has 0 bridgehead atoms. The van der Waals surface area contributed by atoms with Crippen molar-refractivity contribution >= 4 is 5.78 Å². The van der Waals surface area contributed by atoms with Gasteiger partial charge in [-0.15, -0.1) is 0 Å². The number of hydrogen-bond donors (Lipinski definition) is 0. The number of hydrogen-bond acceptors (Lipinski definition) is 1. The Bertz CT molecular complexity index is 414. The largest absolute Gasteiger partial charge is 0.294 e. The molecular formula is C14H14O. The van der Waals surface area contributed by atoms with E-state index in [9.17, 15) is 4.79 Å². The van der Waals surface area contributed by atoms with Gasteiger partial charge in [0.05, 0.1) is 5.41 Å². The monoisotopic (exact) mass is 198 g/mol. The van der Waals surface area contributed by atoms with Crippen molar-refractivity contribution in [3.63, 3.8) is 0 Å². The highest BCUT2D eigenvalue weighted by Gasteiger charge is 2.29. The van der Waals surface area contributed by atoms with Crippen molar-refractivity contribution in [3.05, 3.63) is 60.2 Å². The van der Waals surface area contributed by atoms with Crippen LogP contribution >= 0.6 is 0 Å². The summed E-state index contributed by atoms with van der Waals surface area (Å²) in [7, 11) is 0. The smallest absolute Gasteiger partial charge is 0.165 e. The summed E-state index contributed by atoms with van der Waals surface area (Å²) in [6.45, 7) is 1.99. The summed E-state index contributed by atoms with van der Waals surface area (Å²) in [6, 6.07) is 10.1. The van der Waals surface area contributed by atoms with Gasteiger partial charge in [0.25, 0.3) is 0 Å². The van der Waals surface area contributed by atoms with Gasteiger partial charge in [-0.1, -0.05) is 48.6 Å². The van der Waals surface area contributed by atoms with Gasteiger partial charge in [0.2, 0.25) is 0 Å². The van der Waals surface area contributed by atoms with Crippen molar-refractivity contribution in [2.45, 2.75) is 13.3 Å². The van der Waals surface area contributed by atoms with Crippen molar-refractivity contribution in [2.24, 2.45) is 5.41 Å². The standard InChI is InChI=1S/C14H14O/c1-14(10-6-5-9-13(14)15)11-12-7-3-2-4-8-12/h2-10H,11H2,1H3. The van der Waals surface area contributed by atoms with E-state index >= 15 is 0 Å². The van der Waals surface area contributed by atoms with Crippen molar-refractivity contribution < 1.29 is 4.79 Å². The molecule has 1 nitrogen and oxygen atoms in total. The van der Waals surface area contributed by atoms with E-state index in [1.54, 1.807) is 12.2 Å². The number of carbonyl (C=O) groups excluding carboxylic acids is 1. The molecule has 1 aliphatic rings. The van der Waals surface area contributed by atoms with Crippen molar-refractivity contribution in [1.29, 1.82) is 0 Å². The molecule has 0 N–H and O–H groups in total. The molecule has 0 radical (unpaired) electrons. The number of rotatable bonds is 2. The summed E-state index contributed by atoms with van der Waals surface area (Å²) in [4.78, 5) is 11.8. The zero-order valence-corrected chi connectivity index (χ0v) is 8.81. The van der Waals surface area contributed by atoms with E-state index in [1.807, 2.05) is 37.3 Å². The average Bonchev–Trinajstić information content (AvgIpc) is 2.24. The zero-order valence-electron chi connectivity index (χ0n) is 8.81. The van der Waals surface area contributed by atoms with Crippen LogP contribution in [-0.2, 0) is 11.2 Å². The molecule has 0 saturated heterocycles. The molecular weight excluding hydrogens is 184 g/mol. The quantitative estimate of drug-likeness (QED) is 0.714. The number of ketones is 1. The van der Waals surface area contributed by atoms with Crippen LogP contribution in [0.25, 0.3) is 0 Å². The van der Waals surface area contributed by atoms with Gasteiger partial charge in [-0.25, -0.2) is 0 Å². The van der Waals surface area contributed by atoms with Gasteiger partial charge in [-0.2, -0.15) is 0 Å². The first-order valence-corrected chi connectivity index (χ1v) is 5.15. The lowest BCUT2D eigenvalue weighted by molar-refractivity contribution is -0.120. The van der Waals surface area contributed by atoms with Gasteiger partial charge in [-0.05, 0) is 25.0 Å². The van der Waals surface area contributed by atoms with E-state index in [0.717, 1.165) is 6.42 Å². The molecule has 1 aromatic carbocycles. The summed E-state index contributed by atoms with van der Waals surface area (Å²) >= 11 is 0. The molecule has 2 rings (SSSR count). The Morgan fingerprint density at radius 2 is 1.87 bits per heavy atom. The normalized spacial score (nSPS) is 24.5. The Morgan fingerprint density at radius 3 is 2.53 bits per heavy atom. The SMILES string of the molecule is CC1(Cc2ccccc2)C=CC=CC1=O. The summed E-state index contributed by atoms with van der Waals surface area (Å²) in [5.41, 5.74) is 0.837. The molecule has 1 heteroatoms. The zero-order chi connectivity index (χ0) is 10.7. The fraction of sp³-hybridized carbons (Fsp3) is 0.214. The molecule has 0 spiro atoms. The summed E-state index contributed by atoms with van der Waals surface area (Å²) < 4.78 is 0. The highest BCUT2D eigenvalue weighted by Crippen LogP contribution is 2.28. The molecule has 15 heavy (non-hydrogen) atoms. The number of allylic oxidation sites excluding steroid dienone is 4. The van der Waals surface area contributed by atoms with E-state index in [4.69, 9.17) is 0 Å². The third kappa shape index (κ3) is 2.07. The first kappa shape index (κ1) is 9.91. The highest BCUT2D eigenvalue weighted by atomic mass is 16.1. The van der Waals surface area contributed by atoms with E-state index in [0.29, 0.717) is 0 Å². The number of benzene rings is 1. The molecule has 0 heterocycles. The van der Waals surface area contributed by atoms with Gasteiger partial charge in [0, 0.05) is 0 Å². The minimum atomic E-state index is -0.365. The second-order valence-electron chi connectivity index (χ2n) is 4.16. The van der Waals surface area contributed by atoms with Crippen LogP contribution in [-0.4, -0.2) is 5.78 Å². The van der Waals surface area contributed by atoms with Crippen molar-refractivity contribution in [3.8, 4) is 0 Å². The lowest BCUT2D eigenvalue weighted by Crippen LogP contribution is -2.27. The summed E-state index contributed by atoms with van der Waals surface area (Å²) in [5, 5.41) is 0. The van der Waals surface area contributed by atoms with Gasteiger partial charge in [0.1, 0.15) is 0 Å². The second kappa shape index (κ2) is 3.85. The molecule has 76 valence electrons. The van der Waals surface area contributed by atoms with Crippen molar-refractivity contribution in [1.82, 2.24) is 0 Å². The van der Waals surface area contributed by atoms with Gasteiger partial charge in [-0.3, -0.25) is 4.79 Å². The average molecular weight is 198 g/mol. The van der Waals surface area contributed by atoms with Gasteiger partial charge in [0.15, 0.2) is 5.78 Å². The lowest BCUT2D eigenvalue weighted by atomic mass is 9.77. The molecule has 0 aromatic heterocycles. The predicted molar refractivity (Wildman–Crippen MR) is 61.5 cm³/mol.